The van der Waals surface area contributed by atoms with Gasteiger partial charge in [-0.3, -0.25) is 0 Å². The molecule has 146 valence electrons. The first-order valence-electron chi connectivity index (χ1n) is 10.2. The van der Waals surface area contributed by atoms with Gasteiger partial charge in [-0.05, 0) is 56.6 Å². The number of para-hydroxylation sites is 2. The first kappa shape index (κ1) is 18.3. The fourth-order valence-electron chi connectivity index (χ4n) is 4.35. The molecule has 0 radical (unpaired) electrons. The summed E-state index contributed by atoms with van der Waals surface area (Å²) in [6.07, 6.45) is 6.91. The second-order valence-electron chi connectivity index (χ2n) is 8.06. The normalized spacial score (nSPS) is 25.6. The monoisotopic (exact) mass is 370 g/mol. The third-order valence-electron chi connectivity index (χ3n) is 6.03. The number of nitrogens with zero attached hydrogens (tertiary/aromatic N) is 2. The van der Waals surface area contributed by atoms with E-state index in [2.05, 4.69) is 22.4 Å². The summed E-state index contributed by atoms with van der Waals surface area (Å²) in [6.45, 7) is 2.28. The zero-order valence-corrected chi connectivity index (χ0v) is 16.1. The quantitative estimate of drug-likeness (QED) is 0.844. The molecule has 1 aromatic heterocycles. The van der Waals surface area contributed by atoms with Crippen molar-refractivity contribution in [1.82, 2.24) is 20.2 Å². The lowest BCUT2D eigenvalue weighted by Crippen LogP contribution is -2.43. The van der Waals surface area contributed by atoms with Crippen molar-refractivity contribution in [1.29, 1.82) is 0 Å². The minimum atomic E-state index is 0.0184. The summed E-state index contributed by atoms with van der Waals surface area (Å²) in [5.41, 5.74) is 2.17. The Morgan fingerprint density at radius 1 is 1.26 bits per heavy atom. The molecule has 0 spiro atoms. The van der Waals surface area contributed by atoms with Gasteiger partial charge in [0.25, 0.3) is 0 Å². The number of amides is 2. The van der Waals surface area contributed by atoms with Crippen molar-refractivity contribution in [2.75, 3.05) is 26.7 Å². The number of fused-ring (bicyclic) bond motifs is 1. The van der Waals surface area contributed by atoms with E-state index in [0.29, 0.717) is 18.4 Å². The molecule has 6 nitrogen and oxygen atoms in total. The molecule has 1 unspecified atom stereocenters. The summed E-state index contributed by atoms with van der Waals surface area (Å²) in [5, 5.41) is 3.11. The summed E-state index contributed by atoms with van der Waals surface area (Å²) >= 11 is 0. The van der Waals surface area contributed by atoms with Crippen LogP contribution in [0.4, 0.5) is 4.79 Å². The van der Waals surface area contributed by atoms with Gasteiger partial charge in [0.05, 0.1) is 17.1 Å². The molecule has 2 fully saturated rings. The lowest BCUT2D eigenvalue weighted by atomic mass is 9.81. The second kappa shape index (κ2) is 8.30. The predicted octanol–water partition coefficient (Wildman–Crippen LogP) is 3.66. The van der Waals surface area contributed by atoms with E-state index in [1.807, 2.05) is 19.2 Å². The Morgan fingerprint density at radius 2 is 2.07 bits per heavy atom. The number of aromatic nitrogens is 2. The Bertz CT molecular complexity index is 727. The largest absolute Gasteiger partial charge is 0.376 e. The Kier molecular flexibility index (Phi) is 5.62. The summed E-state index contributed by atoms with van der Waals surface area (Å²) in [7, 11) is 1.86. The van der Waals surface area contributed by atoms with Gasteiger partial charge in [0, 0.05) is 32.7 Å². The predicted molar refractivity (Wildman–Crippen MR) is 106 cm³/mol. The molecular formula is C21H30N4O2. The number of hydrogen-bond donors (Lipinski definition) is 2. The average molecular weight is 370 g/mol. The molecule has 0 bridgehead atoms. The number of carbonyl (C=O) groups is 1. The maximum Gasteiger partial charge on any atom is 0.317 e. The van der Waals surface area contributed by atoms with E-state index in [1.54, 1.807) is 4.90 Å². The van der Waals surface area contributed by atoms with Gasteiger partial charge in [-0.15, -0.1) is 0 Å². The SMILES string of the molecule is CN(CC1CCCO1)C(=O)NCC1CCC(c2nc3ccccc3[nH]2)CC1. The van der Waals surface area contributed by atoms with Gasteiger partial charge in [-0.2, -0.15) is 0 Å². The van der Waals surface area contributed by atoms with Gasteiger partial charge in [-0.25, -0.2) is 9.78 Å². The van der Waals surface area contributed by atoms with Crippen LogP contribution in [0, 0.1) is 5.92 Å². The molecule has 1 aromatic carbocycles. The van der Waals surface area contributed by atoms with Gasteiger partial charge < -0.3 is 19.9 Å². The van der Waals surface area contributed by atoms with Crippen LogP contribution >= 0.6 is 0 Å². The lowest BCUT2D eigenvalue weighted by molar-refractivity contribution is 0.0872. The number of ether oxygens (including phenoxy) is 1. The summed E-state index contributed by atoms with van der Waals surface area (Å²) in [4.78, 5) is 22.3. The molecule has 2 aromatic rings. The van der Waals surface area contributed by atoms with E-state index in [-0.39, 0.29) is 12.1 Å². The van der Waals surface area contributed by atoms with E-state index in [4.69, 9.17) is 9.72 Å². The fraction of sp³-hybridized carbons (Fsp3) is 0.619. The maximum absolute atomic E-state index is 12.3. The van der Waals surface area contributed by atoms with Crippen LogP contribution in [0.1, 0.15) is 50.3 Å². The highest BCUT2D eigenvalue weighted by molar-refractivity contribution is 5.75. The Morgan fingerprint density at radius 3 is 2.81 bits per heavy atom. The molecule has 2 amide bonds. The van der Waals surface area contributed by atoms with Crippen LogP contribution in [0.3, 0.4) is 0 Å². The van der Waals surface area contributed by atoms with E-state index in [0.717, 1.165) is 68.5 Å². The van der Waals surface area contributed by atoms with Crippen LogP contribution in [0.5, 0.6) is 0 Å². The van der Waals surface area contributed by atoms with E-state index in [9.17, 15) is 4.79 Å². The number of rotatable bonds is 5. The number of urea groups is 1. The average Bonchev–Trinajstić information content (AvgIpc) is 3.35. The van der Waals surface area contributed by atoms with E-state index < -0.39 is 0 Å². The lowest BCUT2D eigenvalue weighted by Gasteiger charge is -2.28. The van der Waals surface area contributed by atoms with Crippen molar-refractivity contribution in [2.45, 2.75) is 50.5 Å². The van der Waals surface area contributed by atoms with Crippen LogP contribution < -0.4 is 5.32 Å². The van der Waals surface area contributed by atoms with Crippen molar-refractivity contribution in [2.24, 2.45) is 5.92 Å². The molecule has 2 aliphatic rings. The van der Waals surface area contributed by atoms with Crippen LogP contribution in [0.25, 0.3) is 11.0 Å². The number of hydrogen-bond acceptors (Lipinski definition) is 3. The molecular weight excluding hydrogens is 340 g/mol. The number of likely N-dealkylation sites (N-methyl/N-ethyl adjacent to an activating group) is 1. The first-order valence-corrected chi connectivity index (χ1v) is 10.2. The number of imidazole rings is 1. The van der Waals surface area contributed by atoms with Gasteiger partial charge in [0.1, 0.15) is 5.82 Å². The van der Waals surface area contributed by atoms with Gasteiger partial charge in [-0.1, -0.05) is 12.1 Å². The molecule has 1 saturated heterocycles. The number of carbonyl (C=O) groups excluding carboxylic acids is 1. The summed E-state index contributed by atoms with van der Waals surface area (Å²) in [6, 6.07) is 8.23. The minimum absolute atomic E-state index is 0.0184. The Labute approximate surface area is 160 Å². The first-order chi connectivity index (χ1) is 13.2. The highest BCUT2D eigenvalue weighted by Crippen LogP contribution is 2.35. The van der Waals surface area contributed by atoms with Crippen LogP contribution in [0.2, 0.25) is 0 Å². The fourth-order valence-corrected chi connectivity index (χ4v) is 4.35. The molecule has 2 N–H and O–H groups in total. The van der Waals surface area contributed by atoms with Gasteiger partial charge in [0.2, 0.25) is 0 Å². The van der Waals surface area contributed by atoms with E-state index in [1.165, 1.54) is 0 Å². The van der Waals surface area contributed by atoms with Crippen molar-refractivity contribution >= 4 is 17.1 Å². The number of H-pyrrole nitrogens is 1. The smallest absolute Gasteiger partial charge is 0.317 e. The highest BCUT2D eigenvalue weighted by Gasteiger charge is 2.25. The molecule has 1 atom stereocenters. The minimum Gasteiger partial charge on any atom is -0.376 e. The standard InChI is InChI=1S/C21H30N4O2/c1-25(14-17-5-4-12-27-17)21(26)22-13-15-8-10-16(11-9-15)20-23-18-6-2-3-7-19(18)24-20/h2-3,6-7,15-17H,4-5,8-14H2,1H3,(H,22,26)(H,23,24). The molecule has 27 heavy (non-hydrogen) atoms. The summed E-state index contributed by atoms with van der Waals surface area (Å²) in [5.74, 6) is 2.19. The summed E-state index contributed by atoms with van der Waals surface area (Å²) < 4.78 is 5.61. The number of aromatic amines is 1. The Balaban J connectivity index is 1.21. The van der Waals surface area contributed by atoms with Gasteiger partial charge >= 0.3 is 6.03 Å². The number of nitrogens with one attached hydrogen (secondary N) is 2. The van der Waals surface area contributed by atoms with Crippen LogP contribution in [-0.2, 0) is 4.74 Å². The molecule has 6 heteroatoms. The van der Waals surface area contributed by atoms with Gasteiger partial charge in [0.15, 0.2) is 0 Å². The molecule has 1 aliphatic carbocycles. The van der Waals surface area contributed by atoms with Crippen molar-refractivity contribution in [3.05, 3.63) is 30.1 Å². The zero-order valence-electron chi connectivity index (χ0n) is 16.1. The maximum atomic E-state index is 12.3. The van der Waals surface area contributed by atoms with E-state index >= 15 is 0 Å². The van der Waals surface area contributed by atoms with Crippen LogP contribution in [0.15, 0.2) is 24.3 Å². The van der Waals surface area contributed by atoms with Crippen LogP contribution in [-0.4, -0.2) is 53.7 Å². The number of benzene rings is 1. The second-order valence-corrected chi connectivity index (χ2v) is 8.06. The third-order valence-corrected chi connectivity index (χ3v) is 6.03. The molecule has 1 aliphatic heterocycles. The topological polar surface area (TPSA) is 70.2 Å². The molecule has 2 heterocycles. The van der Waals surface area contributed by atoms with Crippen molar-refractivity contribution in [3.63, 3.8) is 0 Å². The Hall–Kier alpha value is -2.08. The molecule has 1 saturated carbocycles. The third kappa shape index (κ3) is 4.43. The highest BCUT2D eigenvalue weighted by atomic mass is 16.5. The zero-order chi connectivity index (χ0) is 18.6. The molecule has 4 rings (SSSR count). The van der Waals surface area contributed by atoms with Crippen molar-refractivity contribution < 1.29 is 9.53 Å². The van der Waals surface area contributed by atoms with Crippen molar-refractivity contribution in [3.8, 4) is 0 Å².